The molecule has 5 heteroatoms. The highest BCUT2D eigenvalue weighted by atomic mass is 16.3. The van der Waals surface area contributed by atoms with Crippen molar-refractivity contribution in [3.8, 4) is 0 Å². The van der Waals surface area contributed by atoms with Gasteiger partial charge < -0.3 is 20.8 Å². The Bertz CT molecular complexity index is 804. The summed E-state index contributed by atoms with van der Waals surface area (Å²) >= 11 is 0. The monoisotopic (exact) mass is 630 g/mol. The molecular formula is C40H75N3O2. The van der Waals surface area contributed by atoms with Crippen LogP contribution in [0.3, 0.4) is 0 Å². The molecule has 5 nitrogen and oxygen atoms in total. The van der Waals surface area contributed by atoms with E-state index in [9.17, 15) is 10.2 Å². The van der Waals surface area contributed by atoms with Gasteiger partial charge in [-0.05, 0) is 96.9 Å². The molecule has 0 aromatic rings. The Kier molecular flexibility index (Phi) is 17.8. The summed E-state index contributed by atoms with van der Waals surface area (Å²) in [7, 11) is 0. The summed E-state index contributed by atoms with van der Waals surface area (Å²) in [6.07, 6.45) is 37.3. The Hall–Kier alpha value is -0.460. The molecule has 8 unspecified atom stereocenters. The first kappa shape index (κ1) is 37.4. The summed E-state index contributed by atoms with van der Waals surface area (Å²) < 4.78 is 0. The number of hydrogen-bond acceptors (Lipinski definition) is 5. The molecule has 4 N–H and O–H groups in total. The van der Waals surface area contributed by atoms with Crippen LogP contribution >= 0.6 is 0 Å². The Balaban J connectivity index is 0.977. The molecule has 4 aliphatic heterocycles. The van der Waals surface area contributed by atoms with E-state index in [-0.39, 0.29) is 24.3 Å². The van der Waals surface area contributed by atoms with Crippen LogP contribution < -0.4 is 10.6 Å². The van der Waals surface area contributed by atoms with Crippen molar-refractivity contribution in [2.24, 2.45) is 5.92 Å². The molecule has 0 spiro atoms. The third-order valence-corrected chi connectivity index (χ3v) is 12.3. The number of rotatable bonds is 22. The molecule has 0 aromatic carbocycles. The van der Waals surface area contributed by atoms with Crippen LogP contribution in [0.4, 0.5) is 0 Å². The number of unbranched alkanes of at least 4 members (excludes halogenated alkanes) is 14. The first-order valence-electron chi connectivity index (χ1n) is 20.3. The largest absolute Gasteiger partial charge is 0.392 e. The zero-order chi connectivity index (χ0) is 31.7. The van der Waals surface area contributed by atoms with Crippen molar-refractivity contribution in [2.45, 2.75) is 223 Å². The predicted molar refractivity (Wildman–Crippen MR) is 192 cm³/mol. The van der Waals surface area contributed by atoms with Crippen LogP contribution in [0, 0.1) is 5.92 Å². The lowest BCUT2D eigenvalue weighted by Gasteiger charge is -2.37. The van der Waals surface area contributed by atoms with Crippen LogP contribution in [0.5, 0.6) is 0 Å². The second-order valence-electron chi connectivity index (χ2n) is 16.0. The molecule has 0 amide bonds. The number of hydrogen-bond donors (Lipinski definition) is 4. The lowest BCUT2D eigenvalue weighted by atomic mass is 9.80. The maximum absolute atomic E-state index is 9.90. The van der Waals surface area contributed by atoms with E-state index in [0.717, 1.165) is 37.6 Å². The van der Waals surface area contributed by atoms with Gasteiger partial charge >= 0.3 is 0 Å². The fraction of sp³-hybridized carbons (Fsp3) is 0.950. The normalized spacial score (nSPS) is 32.5. The zero-order valence-electron chi connectivity index (χ0n) is 29.8. The number of fused-ring (bicyclic) bond motifs is 1. The van der Waals surface area contributed by atoms with E-state index in [1.165, 1.54) is 154 Å². The molecule has 3 fully saturated rings. The third-order valence-electron chi connectivity index (χ3n) is 12.3. The summed E-state index contributed by atoms with van der Waals surface area (Å²) in [5.41, 5.74) is 1.84. The summed E-state index contributed by atoms with van der Waals surface area (Å²) in [6.45, 7) is 6.82. The number of nitrogens with one attached hydrogen (secondary N) is 2. The van der Waals surface area contributed by atoms with Crippen molar-refractivity contribution >= 4 is 0 Å². The van der Waals surface area contributed by atoms with Crippen molar-refractivity contribution in [2.75, 3.05) is 13.1 Å². The fourth-order valence-corrected chi connectivity index (χ4v) is 9.26. The molecule has 45 heavy (non-hydrogen) atoms. The highest BCUT2D eigenvalue weighted by Gasteiger charge is 2.35. The summed E-state index contributed by atoms with van der Waals surface area (Å²) in [4.78, 5) is 2.80. The van der Waals surface area contributed by atoms with Crippen molar-refractivity contribution in [1.29, 1.82) is 0 Å². The number of aliphatic hydroxyl groups is 2. The van der Waals surface area contributed by atoms with Gasteiger partial charge in [-0.25, -0.2) is 0 Å². The van der Waals surface area contributed by atoms with E-state index in [1.54, 1.807) is 0 Å². The van der Waals surface area contributed by atoms with Crippen molar-refractivity contribution in [3.05, 3.63) is 11.6 Å². The first-order valence-corrected chi connectivity index (χ1v) is 20.3. The molecule has 8 atom stereocenters. The number of nitrogens with zero attached hydrogens (tertiary/aromatic N) is 1. The Morgan fingerprint density at radius 1 is 0.600 bits per heavy atom. The van der Waals surface area contributed by atoms with E-state index in [1.807, 2.05) is 5.57 Å². The van der Waals surface area contributed by atoms with Crippen LogP contribution in [-0.2, 0) is 0 Å². The molecule has 4 heterocycles. The minimum absolute atomic E-state index is 0.142. The topological polar surface area (TPSA) is 67.8 Å². The van der Waals surface area contributed by atoms with Crippen LogP contribution in [-0.4, -0.2) is 70.6 Å². The van der Waals surface area contributed by atoms with Crippen LogP contribution in [0.1, 0.15) is 181 Å². The summed E-state index contributed by atoms with van der Waals surface area (Å²) in [5.74, 6) is 0.850. The molecule has 0 aliphatic carbocycles. The molecule has 4 rings (SSSR count). The van der Waals surface area contributed by atoms with E-state index in [0.29, 0.717) is 12.1 Å². The molecule has 0 saturated carbocycles. The fourth-order valence-electron chi connectivity index (χ4n) is 9.26. The Labute approximate surface area is 279 Å². The lowest BCUT2D eigenvalue weighted by Crippen LogP contribution is -2.48. The summed E-state index contributed by atoms with van der Waals surface area (Å²) in [6, 6.07) is 2.66. The second-order valence-corrected chi connectivity index (χ2v) is 16.0. The van der Waals surface area contributed by atoms with Crippen molar-refractivity contribution in [3.63, 3.8) is 0 Å². The third kappa shape index (κ3) is 13.5. The lowest BCUT2D eigenvalue weighted by molar-refractivity contribution is 0.0848. The van der Waals surface area contributed by atoms with E-state index in [2.05, 4.69) is 35.5 Å². The maximum atomic E-state index is 9.90. The van der Waals surface area contributed by atoms with Gasteiger partial charge in [-0.2, -0.15) is 0 Å². The van der Waals surface area contributed by atoms with Gasteiger partial charge in [-0.15, -0.1) is 0 Å². The number of aliphatic hydroxyl groups excluding tert-OH is 2. The van der Waals surface area contributed by atoms with Crippen molar-refractivity contribution < 1.29 is 10.2 Å². The van der Waals surface area contributed by atoms with Gasteiger partial charge in [0.15, 0.2) is 0 Å². The zero-order valence-corrected chi connectivity index (χ0v) is 29.8. The highest BCUT2D eigenvalue weighted by Crippen LogP contribution is 2.38. The van der Waals surface area contributed by atoms with Crippen LogP contribution in [0.25, 0.3) is 0 Å². The average molecular weight is 630 g/mol. The maximum Gasteiger partial charge on any atom is 0.0691 e. The van der Waals surface area contributed by atoms with Gasteiger partial charge in [0.25, 0.3) is 0 Å². The predicted octanol–water partition coefficient (Wildman–Crippen LogP) is 8.81. The molecular weight excluding hydrogens is 554 g/mol. The van der Waals surface area contributed by atoms with Gasteiger partial charge in [0.2, 0.25) is 0 Å². The summed E-state index contributed by atoms with van der Waals surface area (Å²) in [5, 5.41) is 27.0. The van der Waals surface area contributed by atoms with Crippen LogP contribution in [0.2, 0.25) is 0 Å². The Morgan fingerprint density at radius 2 is 1.07 bits per heavy atom. The van der Waals surface area contributed by atoms with Crippen molar-refractivity contribution in [1.82, 2.24) is 15.5 Å². The molecule has 0 radical (unpaired) electrons. The van der Waals surface area contributed by atoms with E-state index >= 15 is 0 Å². The Morgan fingerprint density at radius 3 is 1.58 bits per heavy atom. The van der Waals surface area contributed by atoms with Gasteiger partial charge in [-0.3, -0.25) is 4.90 Å². The highest BCUT2D eigenvalue weighted by molar-refractivity contribution is 5.16. The molecule has 0 bridgehead atoms. The minimum Gasteiger partial charge on any atom is -0.392 e. The molecule has 0 aromatic heterocycles. The number of piperidine rings is 2. The smallest absolute Gasteiger partial charge is 0.0691 e. The van der Waals surface area contributed by atoms with E-state index in [4.69, 9.17) is 0 Å². The molecule has 262 valence electrons. The van der Waals surface area contributed by atoms with E-state index < -0.39 is 0 Å². The van der Waals surface area contributed by atoms with Gasteiger partial charge in [0.05, 0.1) is 12.2 Å². The van der Waals surface area contributed by atoms with Gasteiger partial charge in [0.1, 0.15) is 0 Å². The SMILES string of the molecule is CC1NC(CCCCCCCCCCC2=CCN3CCCC3C2CCCCCCCCCCC2CCC(O)C(C)N2)CCC1O. The van der Waals surface area contributed by atoms with Gasteiger partial charge in [0, 0.05) is 36.8 Å². The standard InChI is InChI=1S/C40H75N3O2/c1-32-39(44)27-25-35(41-32)21-16-12-8-4-3-7-11-15-20-34-29-31-43-30-19-24-38(43)37(34)23-18-14-10-6-5-9-13-17-22-36-26-28-40(45)33(2)42-36/h29,32-33,35-42,44-45H,3-28,30-31H2,1-2H3. The quantitative estimate of drug-likeness (QED) is 0.0712. The minimum atomic E-state index is -0.142. The average Bonchev–Trinajstić information content (AvgIpc) is 3.52. The molecule has 4 aliphatic rings. The first-order chi connectivity index (χ1) is 22.0. The van der Waals surface area contributed by atoms with Gasteiger partial charge in [-0.1, -0.05) is 108 Å². The second kappa shape index (κ2) is 21.5. The molecule has 3 saturated heterocycles. The van der Waals surface area contributed by atoms with Crippen LogP contribution in [0.15, 0.2) is 11.6 Å².